The average Bonchev–Trinajstić information content (AvgIpc) is 3.18. The molecular formula is C27H23NO7. The van der Waals surface area contributed by atoms with Crippen molar-refractivity contribution >= 4 is 23.1 Å². The van der Waals surface area contributed by atoms with E-state index in [1.807, 2.05) is 18.2 Å². The van der Waals surface area contributed by atoms with Crippen LogP contribution in [0, 0.1) is 0 Å². The molecule has 0 spiro atoms. The van der Waals surface area contributed by atoms with Gasteiger partial charge in [-0.3, -0.25) is 14.5 Å². The number of carbonyl (C=O) groups excluding carboxylic acids is 2. The Morgan fingerprint density at radius 3 is 2.20 bits per heavy atom. The van der Waals surface area contributed by atoms with Crippen LogP contribution in [0.4, 0.5) is 5.69 Å². The van der Waals surface area contributed by atoms with E-state index in [2.05, 4.69) is 0 Å². The molecule has 0 aromatic heterocycles. The molecule has 1 N–H and O–H groups in total. The third-order valence-electron chi connectivity index (χ3n) is 6.03. The molecule has 1 atom stereocenters. The Labute approximate surface area is 201 Å². The maximum Gasteiger partial charge on any atom is 0.300 e. The summed E-state index contributed by atoms with van der Waals surface area (Å²) < 4.78 is 22.1. The van der Waals surface area contributed by atoms with E-state index in [9.17, 15) is 14.7 Å². The molecule has 3 aromatic rings. The van der Waals surface area contributed by atoms with Gasteiger partial charge < -0.3 is 24.1 Å². The summed E-state index contributed by atoms with van der Waals surface area (Å²) in [5.74, 6) is -0.324. The van der Waals surface area contributed by atoms with Crippen LogP contribution in [0.25, 0.3) is 5.76 Å². The normalized spacial score (nSPS) is 18.5. The van der Waals surface area contributed by atoms with Gasteiger partial charge in [-0.05, 0) is 29.8 Å². The van der Waals surface area contributed by atoms with Crippen LogP contribution in [0.15, 0.2) is 72.3 Å². The molecule has 8 heteroatoms. The van der Waals surface area contributed by atoms with Gasteiger partial charge in [0.2, 0.25) is 0 Å². The van der Waals surface area contributed by atoms with Crippen molar-refractivity contribution in [2.45, 2.75) is 6.04 Å². The molecule has 0 aliphatic carbocycles. The third-order valence-corrected chi connectivity index (χ3v) is 6.03. The summed E-state index contributed by atoms with van der Waals surface area (Å²) in [6.45, 7) is 0.812. The molecule has 1 saturated heterocycles. The lowest BCUT2D eigenvalue weighted by molar-refractivity contribution is -0.132. The first kappa shape index (κ1) is 22.3. The van der Waals surface area contributed by atoms with E-state index in [0.717, 1.165) is 0 Å². The second-order valence-corrected chi connectivity index (χ2v) is 7.95. The van der Waals surface area contributed by atoms with Crippen molar-refractivity contribution in [2.75, 3.05) is 32.3 Å². The minimum atomic E-state index is -0.895. The highest BCUT2D eigenvalue weighted by atomic mass is 16.6. The number of carbonyl (C=O) groups is 2. The van der Waals surface area contributed by atoms with Crippen LogP contribution in [0.1, 0.15) is 17.2 Å². The number of aliphatic hydroxyl groups is 1. The standard InChI is InChI=1S/C27H23NO7/c1-32-19-9-6-10-20(33-2)22(19)25(29)23-24(16-7-4-3-5-8-16)28(27(31)26(23)30)17-11-12-18-21(15-17)35-14-13-34-18/h3-12,15,24,29H,13-14H2,1-2H3/b25-23+. The second kappa shape index (κ2) is 9.06. The van der Waals surface area contributed by atoms with Gasteiger partial charge in [-0.2, -0.15) is 0 Å². The Balaban J connectivity index is 1.74. The zero-order chi connectivity index (χ0) is 24.5. The second-order valence-electron chi connectivity index (χ2n) is 7.95. The number of ketones is 1. The number of hydrogen-bond donors (Lipinski definition) is 1. The van der Waals surface area contributed by atoms with Crippen LogP contribution >= 0.6 is 0 Å². The maximum atomic E-state index is 13.4. The average molecular weight is 473 g/mol. The molecule has 1 fully saturated rings. The van der Waals surface area contributed by atoms with Crippen LogP contribution in [-0.4, -0.2) is 44.2 Å². The zero-order valence-electron chi connectivity index (χ0n) is 19.2. The molecule has 178 valence electrons. The highest BCUT2D eigenvalue weighted by Gasteiger charge is 2.47. The predicted molar refractivity (Wildman–Crippen MR) is 128 cm³/mol. The number of ether oxygens (including phenoxy) is 4. The van der Waals surface area contributed by atoms with Crippen molar-refractivity contribution in [2.24, 2.45) is 0 Å². The van der Waals surface area contributed by atoms with E-state index < -0.39 is 17.7 Å². The zero-order valence-corrected chi connectivity index (χ0v) is 19.2. The van der Waals surface area contributed by atoms with E-state index in [0.29, 0.717) is 47.5 Å². The predicted octanol–water partition coefficient (Wildman–Crippen LogP) is 4.10. The number of nitrogens with zero attached hydrogens (tertiary/aromatic N) is 1. The molecule has 1 amide bonds. The lowest BCUT2D eigenvalue weighted by Crippen LogP contribution is -2.29. The van der Waals surface area contributed by atoms with Gasteiger partial charge >= 0.3 is 0 Å². The van der Waals surface area contributed by atoms with E-state index >= 15 is 0 Å². The smallest absolute Gasteiger partial charge is 0.300 e. The number of methoxy groups -OCH3 is 2. The van der Waals surface area contributed by atoms with Gasteiger partial charge in [0.25, 0.3) is 11.7 Å². The largest absolute Gasteiger partial charge is 0.506 e. The number of benzene rings is 3. The fourth-order valence-electron chi connectivity index (χ4n) is 4.45. The van der Waals surface area contributed by atoms with Crippen molar-refractivity contribution in [3.63, 3.8) is 0 Å². The SMILES string of the molecule is COc1cccc(OC)c1/C(O)=C1\C(=O)C(=O)N(c2ccc3c(c2)OCCO3)C1c1ccccc1. The Hall–Kier alpha value is -4.46. The fraction of sp³-hybridized carbons (Fsp3) is 0.185. The quantitative estimate of drug-likeness (QED) is 0.339. The third kappa shape index (κ3) is 3.73. The number of Topliss-reactive ketones (excluding diaryl/α,β-unsaturated/α-hetero) is 1. The number of anilines is 1. The number of fused-ring (bicyclic) bond motifs is 1. The first-order valence-corrected chi connectivity index (χ1v) is 11.0. The molecule has 0 radical (unpaired) electrons. The molecule has 0 bridgehead atoms. The number of hydrogen-bond acceptors (Lipinski definition) is 7. The van der Waals surface area contributed by atoms with E-state index in [4.69, 9.17) is 18.9 Å². The van der Waals surface area contributed by atoms with Gasteiger partial charge in [0.15, 0.2) is 11.5 Å². The molecule has 2 heterocycles. The minimum absolute atomic E-state index is 0.0705. The highest BCUT2D eigenvalue weighted by molar-refractivity contribution is 6.51. The highest BCUT2D eigenvalue weighted by Crippen LogP contribution is 2.46. The van der Waals surface area contributed by atoms with E-state index in [-0.39, 0.29) is 16.9 Å². The van der Waals surface area contributed by atoms with Gasteiger partial charge in [-0.15, -0.1) is 0 Å². The molecular weight excluding hydrogens is 450 g/mol. The summed E-state index contributed by atoms with van der Waals surface area (Å²) in [6, 6.07) is 18.2. The Bertz CT molecular complexity index is 1310. The van der Waals surface area contributed by atoms with Crippen molar-refractivity contribution < 1.29 is 33.6 Å². The molecule has 3 aromatic carbocycles. The lowest BCUT2D eigenvalue weighted by atomic mass is 9.94. The van der Waals surface area contributed by atoms with Crippen molar-refractivity contribution in [3.8, 4) is 23.0 Å². The van der Waals surface area contributed by atoms with Crippen LogP contribution in [0.3, 0.4) is 0 Å². The molecule has 5 rings (SSSR count). The molecule has 2 aliphatic heterocycles. The minimum Gasteiger partial charge on any atom is -0.506 e. The summed E-state index contributed by atoms with van der Waals surface area (Å²) in [5, 5.41) is 11.5. The molecule has 35 heavy (non-hydrogen) atoms. The van der Waals surface area contributed by atoms with Gasteiger partial charge in [0.05, 0.1) is 25.8 Å². The van der Waals surface area contributed by atoms with E-state index in [1.165, 1.54) is 19.1 Å². The molecule has 8 nitrogen and oxygen atoms in total. The number of rotatable bonds is 5. The molecule has 0 saturated carbocycles. The summed E-state index contributed by atoms with van der Waals surface area (Å²) in [7, 11) is 2.90. The summed E-state index contributed by atoms with van der Waals surface area (Å²) >= 11 is 0. The Kier molecular flexibility index (Phi) is 5.78. The van der Waals surface area contributed by atoms with Crippen LogP contribution in [-0.2, 0) is 9.59 Å². The molecule has 1 unspecified atom stereocenters. The summed E-state index contributed by atoms with van der Waals surface area (Å²) in [6.07, 6.45) is 0. The maximum absolute atomic E-state index is 13.4. The lowest BCUT2D eigenvalue weighted by Gasteiger charge is -2.27. The Morgan fingerprint density at radius 1 is 0.886 bits per heavy atom. The van der Waals surface area contributed by atoms with Gasteiger partial charge in [-0.25, -0.2) is 0 Å². The number of aliphatic hydroxyl groups excluding tert-OH is 1. The first-order chi connectivity index (χ1) is 17.0. The van der Waals surface area contributed by atoms with Crippen LogP contribution in [0.5, 0.6) is 23.0 Å². The topological polar surface area (TPSA) is 94.5 Å². The Morgan fingerprint density at radius 2 is 1.54 bits per heavy atom. The van der Waals surface area contributed by atoms with Gasteiger partial charge in [0.1, 0.15) is 36.0 Å². The summed E-state index contributed by atoms with van der Waals surface area (Å²) in [5.41, 5.74) is 1.21. The van der Waals surface area contributed by atoms with Crippen molar-refractivity contribution in [1.29, 1.82) is 0 Å². The van der Waals surface area contributed by atoms with Gasteiger partial charge in [-0.1, -0.05) is 36.4 Å². The van der Waals surface area contributed by atoms with Crippen LogP contribution < -0.4 is 23.8 Å². The summed E-state index contributed by atoms with van der Waals surface area (Å²) in [4.78, 5) is 28.2. The van der Waals surface area contributed by atoms with Gasteiger partial charge in [0, 0.05) is 11.8 Å². The van der Waals surface area contributed by atoms with E-state index in [1.54, 1.807) is 48.5 Å². The molecule has 2 aliphatic rings. The van der Waals surface area contributed by atoms with Crippen molar-refractivity contribution in [3.05, 3.63) is 83.4 Å². The number of amides is 1. The first-order valence-electron chi connectivity index (χ1n) is 11.0. The fourth-order valence-corrected chi connectivity index (χ4v) is 4.45. The monoisotopic (exact) mass is 473 g/mol. The van der Waals surface area contributed by atoms with Crippen LogP contribution in [0.2, 0.25) is 0 Å². The van der Waals surface area contributed by atoms with Crippen molar-refractivity contribution in [1.82, 2.24) is 0 Å².